The maximum absolute atomic E-state index is 13.4. The van der Waals surface area contributed by atoms with E-state index in [0.29, 0.717) is 34.0 Å². The Balaban J connectivity index is 1.74. The lowest BCUT2D eigenvalue weighted by atomic mass is 10.0. The molecule has 0 spiro atoms. The van der Waals surface area contributed by atoms with Crippen LogP contribution < -0.4 is 15.0 Å². The molecule has 2 heterocycles. The maximum atomic E-state index is 13.4. The Bertz CT molecular complexity index is 1020. The lowest BCUT2D eigenvalue weighted by Crippen LogP contribution is -2.34. The average Bonchev–Trinajstić information content (AvgIpc) is 3.34. The Morgan fingerprint density at radius 3 is 2.13 bits per heavy atom. The lowest BCUT2D eigenvalue weighted by Gasteiger charge is -2.20. The number of ether oxygens (including phenoxy) is 1. The van der Waals surface area contributed by atoms with Crippen LogP contribution in [0.15, 0.2) is 54.2 Å². The van der Waals surface area contributed by atoms with E-state index in [-0.39, 0.29) is 17.7 Å². The largest absolute Gasteiger partial charge is 0.497 e. The molecule has 0 bridgehead atoms. The summed E-state index contributed by atoms with van der Waals surface area (Å²) in [6.45, 7) is 2.93. The molecule has 2 aliphatic rings. The van der Waals surface area contributed by atoms with E-state index in [1.807, 2.05) is 4.90 Å². The molecule has 3 amide bonds. The van der Waals surface area contributed by atoms with Gasteiger partial charge < -0.3 is 15.0 Å². The Morgan fingerprint density at radius 1 is 0.933 bits per heavy atom. The minimum atomic E-state index is -0.348. The summed E-state index contributed by atoms with van der Waals surface area (Å²) in [7, 11) is 1.57. The summed E-state index contributed by atoms with van der Waals surface area (Å²) in [6, 6.07) is 13.9. The maximum Gasteiger partial charge on any atom is 0.282 e. The zero-order valence-corrected chi connectivity index (χ0v) is 17.0. The zero-order valence-electron chi connectivity index (χ0n) is 17.0. The number of imide groups is 1. The van der Waals surface area contributed by atoms with E-state index in [1.165, 1.54) is 11.8 Å². The molecule has 7 nitrogen and oxygen atoms in total. The number of benzene rings is 2. The molecule has 0 radical (unpaired) electrons. The predicted octanol–water partition coefficient (Wildman–Crippen LogP) is 3.03. The number of hydrogen-bond acceptors (Lipinski definition) is 5. The smallest absolute Gasteiger partial charge is 0.282 e. The second-order valence-corrected chi connectivity index (χ2v) is 7.32. The summed E-state index contributed by atoms with van der Waals surface area (Å²) in [5.74, 6) is -0.177. The number of nitrogens with zero attached hydrogens (tertiary/aromatic N) is 2. The number of carbonyl (C=O) groups excluding carboxylic acids is 3. The van der Waals surface area contributed by atoms with Crippen molar-refractivity contribution in [2.75, 3.05) is 30.4 Å². The molecular formula is C23H23N3O4. The molecule has 2 aromatic carbocycles. The van der Waals surface area contributed by atoms with Crippen LogP contribution in [-0.2, 0) is 14.4 Å². The van der Waals surface area contributed by atoms with E-state index < -0.39 is 0 Å². The topological polar surface area (TPSA) is 79.0 Å². The van der Waals surface area contributed by atoms with Gasteiger partial charge in [-0.3, -0.25) is 14.4 Å². The zero-order chi connectivity index (χ0) is 21.3. The molecule has 30 heavy (non-hydrogen) atoms. The summed E-state index contributed by atoms with van der Waals surface area (Å²) in [5.41, 5.74) is 2.64. The van der Waals surface area contributed by atoms with Crippen molar-refractivity contribution in [3.8, 4) is 5.75 Å². The molecule has 2 aliphatic heterocycles. The van der Waals surface area contributed by atoms with Crippen molar-refractivity contribution in [3.63, 3.8) is 0 Å². The van der Waals surface area contributed by atoms with Gasteiger partial charge in [0.2, 0.25) is 5.91 Å². The lowest BCUT2D eigenvalue weighted by molar-refractivity contribution is -0.120. The van der Waals surface area contributed by atoms with Crippen LogP contribution in [0.2, 0.25) is 0 Å². The van der Waals surface area contributed by atoms with Gasteiger partial charge in [0.05, 0.1) is 18.4 Å². The van der Waals surface area contributed by atoms with Gasteiger partial charge in [0.25, 0.3) is 11.8 Å². The van der Waals surface area contributed by atoms with Gasteiger partial charge in [0.15, 0.2) is 0 Å². The SMILES string of the molecule is COc1ccc(N2C(=O)C(c3ccc(NC(C)=O)cc3)=C(N3CCCC3)C2=O)cc1. The van der Waals surface area contributed by atoms with E-state index in [1.54, 1.807) is 55.6 Å². The number of nitrogens with one attached hydrogen (secondary N) is 1. The normalized spacial score (nSPS) is 16.5. The van der Waals surface area contributed by atoms with Crippen molar-refractivity contribution in [2.24, 2.45) is 0 Å². The number of anilines is 2. The Morgan fingerprint density at radius 2 is 1.57 bits per heavy atom. The Kier molecular flexibility index (Phi) is 5.27. The number of rotatable bonds is 5. The second kappa shape index (κ2) is 8.02. The predicted molar refractivity (Wildman–Crippen MR) is 114 cm³/mol. The summed E-state index contributed by atoms with van der Waals surface area (Å²) >= 11 is 0. The molecule has 7 heteroatoms. The summed E-state index contributed by atoms with van der Waals surface area (Å²) < 4.78 is 5.18. The number of amides is 3. The van der Waals surface area contributed by atoms with Crippen molar-refractivity contribution < 1.29 is 19.1 Å². The summed E-state index contributed by atoms with van der Waals surface area (Å²) in [5, 5.41) is 2.71. The van der Waals surface area contributed by atoms with Gasteiger partial charge in [-0.2, -0.15) is 0 Å². The van der Waals surface area contributed by atoms with Crippen molar-refractivity contribution in [1.82, 2.24) is 4.90 Å². The molecule has 1 saturated heterocycles. The first-order chi connectivity index (χ1) is 14.5. The minimum Gasteiger partial charge on any atom is -0.497 e. The summed E-state index contributed by atoms with van der Waals surface area (Å²) in [6.07, 6.45) is 1.98. The van der Waals surface area contributed by atoms with Gasteiger partial charge in [-0.05, 0) is 54.8 Å². The highest BCUT2D eigenvalue weighted by molar-refractivity contribution is 6.45. The first-order valence-electron chi connectivity index (χ1n) is 9.89. The number of methoxy groups -OCH3 is 1. The quantitative estimate of drug-likeness (QED) is 0.774. The van der Waals surface area contributed by atoms with Crippen molar-refractivity contribution in [2.45, 2.75) is 19.8 Å². The van der Waals surface area contributed by atoms with Crippen LogP contribution in [0.5, 0.6) is 5.75 Å². The number of carbonyl (C=O) groups is 3. The number of likely N-dealkylation sites (tertiary alicyclic amines) is 1. The summed E-state index contributed by atoms with van der Waals surface area (Å²) in [4.78, 5) is 41.3. The van der Waals surface area contributed by atoms with E-state index in [2.05, 4.69) is 5.32 Å². The fraction of sp³-hybridized carbons (Fsp3) is 0.261. The van der Waals surface area contributed by atoms with Crippen LogP contribution in [0.4, 0.5) is 11.4 Å². The van der Waals surface area contributed by atoms with E-state index in [0.717, 1.165) is 25.9 Å². The first kappa shape index (κ1) is 19.7. The Hall–Kier alpha value is -3.61. The molecule has 2 aromatic rings. The molecule has 0 aliphatic carbocycles. The van der Waals surface area contributed by atoms with Gasteiger partial charge >= 0.3 is 0 Å². The van der Waals surface area contributed by atoms with Gasteiger partial charge in [0, 0.05) is 25.7 Å². The molecule has 0 atom stereocenters. The third-order valence-corrected chi connectivity index (χ3v) is 5.31. The van der Waals surface area contributed by atoms with Crippen molar-refractivity contribution in [3.05, 3.63) is 59.8 Å². The third kappa shape index (κ3) is 3.54. The fourth-order valence-electron chi connectivity index (χ4n) is 3.90. The van der Waals surface area contributed by atoms with Crippen LogP contribution in [0, 0.1) is 0 Å². The average molecular weight is 405 g/mol. The second-order valence-electron chi connectivity index (χ2n) is 7.32. The number of hydrogen-bond donors (Lipinski definition) is 1. The standard InChI is InChI=1S/C23H23N3O4/c1-15(27)24-17-7-5-16(6-8-17)20-21(25-13-3-4-14-25)23(29)26(22(20)28)18-9-11-19(30-2)12-10-18/h5-12H,3-4,13-14H2,1-2H3,(H,24,27). The molecule has 1 fully saturated rings. The third-order valence-electron chi connectivity index (χ3n) is 5.31. The van der Waals surface area contributed by atoms with E-state index in [9.17, 15) is 14.4 Å². The van der Waals surface area contributed by atoms with Crippen LogP contribution in [-0.4, -0.2) is 42.8 Å². The molecule has 1 N–H and O–H groups in total. The Labute approximate surface area is 174 Å². The first-order valence-corrected chi connectivity index (χ1v) is 9.89. The molecule has 154 valence electrons. The van der Waals surface area contributed by atoms with E-state index in [4.69, 9.17) is 4.74 Å². The minimum absolute atomic E-state index is 0.169. The monoisotopic (exact) mass is 405 g/mol. The van der Waals surface area contributed by atoms with Crippen LogP contribution >= 0.6 is 0 Å². The van der Waals surface area contributed by atoms with Crippen molar-refractivity contribution >= 4 is 34.7 Å². The molecular weight excluding hydrogens is 382 g/mol. The molecule has 0 aromatic heterocycles. The highest BCUT2D eigenvalue weighted by Gasteiger charge is 2.42. The van der Waals surface area contributed by atoms with Crippen molar-refractivity contribution in [1.29, 1.82) is 0 Å². The van der Waals surface area contributed by atoms with Gasteiger partial charge in [-0.1, -0.05) is 12.1 Å². The van der Waals surface area contributed by atoms with E-state index >= 15 is 0 Å². The van der Waals surface area contributed by atoms with Gasteiger partial charge in [-0.25, -0.2) is 4.90 Å². The van der Waals surface area contributed by atoms with Crippen LogP contribution in [0.1, 0.15) is 25.3 Å². The highest BCUT2D eigenvalue weighted by atomic mass is 16.5. The molecule has 4 rings (SSSR count). The fourth-order valence-corrected chi connectivity index (χ4v) is 3.90. The molecule has 0 saturated carbocycles. The highest BCUT2D eigenvalue weighted by Crippen LogP contribution is 2.36. The van der Waals surface area contributed by atoms with Crippen LogP contribution in [0.25, 0.3) is 5.57 Å². The molecule has 0 unspecified atom stereocenters. The van der Waals surface area contributed by atoms with Gasteiger partial charge in [0.1, 0.15) is 11.4 Å². The van der Waals surface area contributed by atoms with Gasteiger partial charge in [-0.15, -0.1) is 0 Å². The van der Waals surface area contributed by atoms with Crippen LogP contribution in [0.3, 0.4) is 0 Å².